The normalized spacial score (nSPS) is 16.2. The number of benzene rings is 2. The summed E-state index contributed by atoms with van der Waals surface area (Å²) >= 11 is 0. The van der Waals surface area contributed by atoms with E-state index in [1.54, 1.807) is 6.07 Å². The molecule has 0 aromatic heterocycles. The predicted octanol–water partition coefficient (Wildman–Crippen LogP) is 4.97. The van der Waals surface area contributed by atoms with Gasteiger partial charge in [-0.3, -0.25) is 0 Å². The maximum absolute atomic E-state index is 10.3. The summed E-state index contributed by atoms with van der Waals surface area (Å²) in [6.07, 6.45) is 6.12. The summed E-state index contributed by atoms with van der Waals surface area (Å²) in [4.78, 5) is 0. The molecule has 0 aliphatic heterocycles. The van der Waals surface area contributed by atoms with Crippen LogP contribution in [0.2, 0.25) is 0 Å². The van der Waals surface area contributed by atoms with Crippen molar-refractivity contribution in [2.45, 2.75) is 44.8 Å². The molecule has 1 fully saturated rings. The summed E-state index contributed by atoms with van der Waals surface area (Å²) in [5, 5.41) is 10.3. The van der Waals surface area contributed by atoms with E-state index in [9.17, 15) is 5.11 Å². The van der Waals surface area contributed by atoms with Crippen molar-refractivity contribution in [3.05, 3.63) is 59.7 Å². The molecule has 0 heterocycles. The van der Waals surface area contributed by atoms with Crippen LogP contribution in [0.3, 0.4) is 0 Å². The van der Waals surface area contributed by atoms with Crippen LogP contribution in [0, 0.1) is 5.92 Å². The summed E-state index contributed by atoms with van der Waals surface area (Å²) in [5.74, 6) is 1.39. The number of phenols is 1. The van der Waals surface area contributed by atoms with E-state index < -0.39 is 0 Å². The van der Waals surface area contributed by atoms with Gasteiger partial charge in [0.1, 0.15) is 18.1 Å². The fourth-order valence-corrected chi connectivity index (χ4v) is 3.38. The van der Waals surface area contributed by atoms with Gasteiger partial charge in [0.25, 0.3) is 0 Å². The lowest BCUT2D eigenvalue weighted by Crippen LogP contribution is -2.23. The quantitative estimate of drug-likeness (QED) is 0.802. The number of ether oxygens (including phenoxy) is 1. The number of phenolic OH excluding ortho intramolecular Hbond substituents is 1. The van der Waals surface area contributed by atoms with Crippen molar-refractivity contribution in [2.75, 3.05) is 0 Å². The van der Waals surface area contributed by atoms with Crippen molar-refractivity contribution >= 4 is 12.4 Å². The van der Waals surface area contributed by atoms with Gasteiger partial charge >= 0.3 is 0 Å². The Labute approximate surface area is 150 Å². The molecule has 0 amide bonds. The van der Waals surface area contributed by atoms with Crippen LogP contribution in [0.4, 0.5) is 0 Å². The molecule has 130 valence electrons. The molecule has 0 unspecified atom stereocenters. The monoisotopic (exact) mass is 347 g/mol. The lowest BCUT2D eigenvalue weighted by Gasteiger charge is -2.28. The second-order valence-electron chi connectivity index (χ2n) is 6.42. The van der Waals surface area contributed by atoms with E-state index in [4.69, 9.17) is 10.5 Å². The zero-order valence-corrected chi connectivity index (χ0v) is 14.7. The Kier molecular flexibility index (Phi) is 6.95. The Morgan fingerprint density at radius 1 is 1.04 bits per heavy atom. The van der Waals surface area contributed by atoms with Gasteiger partial charge in [-0.2, -0.15) is 0 Å². The third kappa shape index (κ3) is 4.65. The van der Waals surface area contributed by atoms with Crippen LogP contribution in [-0.2, 0) is 6.61 Å². The van der Waals surface area contributed by atoms with Crippen LogP contribution in [0.1, 0.15) is 49.3 Å². The van der Waals surface area contributed by atoms with Gasteiger partial charge in [-0.1, -0.05) is 55.7 Å². The lowest BCUT2D eigenvalue weighted by molar-refractivity contribution is 0.296. The first-order valence-electron chi connectivity index (χ1n) is 8.49. The Morgan fingerprint density at radius 3 is 2.42 bits per heavy atom. The number of rotatable bonds is 5. The fourth-order valence-electron chi connectivity index (χ4n) is 3.38. The SMILES string of the molecule is Cl.N[C@H](c1ccc(OCc2ccccc2)cc1O)C1CCCCC1. The third-order valence-corrected chi connectivity index (χ3v) is 4.77. The molecule has 1 aliphatic rings. The maximum Gasteiger partial charge on any atom is 0.124 e. The Bertz CT molecular complexity index is 627. The molecule has 3 N–H and O–H groups in total. The van der Waals surface area contributed by atoms with E-state index in [0.717, 1.165) is 24.0 Å². The molecule has 1 aliphatic carbocycles. The van der Waals surface area contributed by atoms with E-state index in [1.165, 1.54) is 19.3 Å². The predicted molar refractivity (Wildman–Crippen MR) is 99.6 cm³/mol. The lowest BCUT2D eigenvalue weighted by atomic mass is 9.81. The summed E-state index contributed by atoms with van der Waals surface area (Å²) in [5.41, 5.74) is 8.33. The molecule has 3 nitrogen and oxygen atoms in total. The van der Waals surface area contributed by atoms with Gasteiger partial charge < -0.3 is 15.6 Å². The smallest absolute Gasteiger partial charge is 0.124 e. The van der Waals surface area contributed by atoms with E-state index >= 15 is 0 Å². The van der Waals surface area contributed by atoms with Crippen molar-refractivity contribution in [1.82, 2.24) is 0 Å². The Balaban J connectivity index is 0.00000208. The molecule has 0 spiro atoms. The van der Waals surface area contributed by atoms with Gasteiger partial charge in [0.15, 0.2) is 0 Å². The molecule has 1 saturated carbocycles. The van der Waals surface area contributed by atoms with E-state index in [2.05, 4.69) is 0 Å². The van der Waals surface area contributed by atoms with Crippen molar-refractivity contribution in [3.63, 3.8) is 0 Å². The summed E-state index contributed by atoms with van der Waals surface area (Å²) < 4.78 is 5.75. The molecule has 0 saturated heterocycles. The van der Waals surface area contributed by atoms with Crippen LogP contribution in [-0.4, -0.2) is 5.11 Å². The van der Waals surface area contributed by atoms with Crippen LogP contribution in [0.25, 0.3) is 0 Å². The van der Waals surface area contributed by atoms with Crippen molar-refractivity contribution in [2.24, 2.45) is 11.7 Å². The van der Waals surface area contributed by atoms with Gasteiger partial charge in [-0.25, -0.2) is 0 Å². The number of nitrogens with two attached hydrogens (primary N) is 1. The molecule has 24 heavy (non-hydrogen) atoms. The first kappa shape index (κ1) is 18.6. The van der Waals surface area contributed by atoms with Gasteiger partial charge in [0.2, 0.25) is 0 Å². The van der Waals surface area contributed by atoms with Crippen LogP contribution >= 0.6 is 12.4 Å². The van der Waals surface area contributed by atoms with Crippen LogP contribution < -0.4 is 10.5 Å². The Morgan fingerprint density at radius 2 is 1.75 bits per heavy atom. The molecule has 0 bridgehead atoms. The van der Waals surface area contributed by atoms with E-state index in [1.807, 2.05) is 42.5 Å². The maximum atomic E-state index is 10.3. The zero-order valence-electron chi connectivity index (χ0n) is 13.9. The first-order valence-corrected chi connectivity index (χ1v) is 8.49. The highest BCUT2D eigenvalue weighted by Gasteiger charge is 2.24. The largest absolute Gasteiger partial charge is 0.507 e. The highest BCUT2D eigenvalue weighted by atomic mass is 35.5. The van der Waals surface area contributed by atoms with Crippen molar-refractivity contribution in [3.8, 4) is 11.5 Å². The minimum Gasteiger partial charge on any atom is -0.507 e. The summed E-state index contributed by atoms with van der Waals surface area (Å²) in [6.45, 7) is 0.494. The molecule has 3 rings (SSSR count). The highest BCUT2D eigenvalue weighted by Crippen LogP contribution is 2.37. The summed E-state index contributed by atoms with van der Waals surface area (Å²) in [7, 11) is 0. The summed E-state index contributed by atoms with van der Waals surface area (Å²) in [6, 6.07) is 15.4. The average Bonchev–Trinajstić information content (AvgIpc) is 2.61. The zero-order chi connectivity index (χ0) is 16.1. The molecule has 1 atom stereocenters. The van der Waals surface area contributed by atoms with Gasteiger partial charge in [-0.05, 0) is 30.4 Å². The van der Waals surface area contributed by atoms with Gasteiger partial charge in [-0.15, -0.1) is 12.4 Å². The van der Waals surface area contributed by atoms with Gasteiger partial charge in [0, 0.05) is 17.7 Å². The van der Waals surface area contributed by atoms with Crippen LogP contribution in [0.5, 0.6) is 11.5 Å². The Hall–Kier alpha value is -1.71. The molecule has 2 aromatic carbocycles. The topological polar surface area (TPSA) is 55.5 Å². The fraction of sp³-hybridized carbons (Fsp3) is 0.400. The second-order valence-corrected chi connectivity index (χ2v) is 6.42. The third-order valence-electron chi connectivity index (χ3n) is 4.77. The number of aromatic hydroxyl groups is 1. The minimum atomic E-state index is -0.0847. The molecular weight excluding hydrogens is 322 g/mol. The number of halogens is 1. The molecule has 0 radical (unpaired) electrons. The average molecular weight is 348 g/mol. The van der Waals surface area contributed by atoms with E-state index in [0.29, 0.717) is 18.3 Å². The van der Waals surface area contributed by atoms with Crippen LogP contribution in [0.15, 0.2) is 48.5 Å². The minimum absolute atomic E-state index is 0. The highest BCUT2D eigenvalue weighted by molar-refractivity contribution is 5.85. The van der Waals surface area contributed by atoms with E-state index in [-0.39, 0.29) is 24.2 Å². The van der Waals surface area contributed by atoms with Gasteiger partial charge in [0.05, 0.1) is 0 Å². The first-order chi connectivity index (χ1) is 11.2. The second kappa shape index (κ2) is 8.95. The van der Waals surface area contributed by atoms with Crippen molar-refractivity contribution in [1.29, 1.82) is 0 Å². The van der Waals surface area contributed by atoms with Crippen molar-refractivity contribution < 1.29 is 9.84 Å². The number of hydrogen-bond acceptors (Lipinski definition) is 3. The number of hydrogen-bond donors (Lipinski definition) is 2. The molecule has 2 aromatic rings. The molecular formula is C20H26ClNO2. The molecule has 4 heteroatoms. The standard InChI is InChI=1S/C20H25NO2.ClH/c21-20(16-9-5-2-6-10-16)18-12-11-17(13-19(18)22)23-14-15-7-3-1-4-8-15;/h1,3-4,7-8,11-13,16,20,22H,2,5-6,9-10,14,21H2;1H/t20-;/m0./s1.